The zero-order chi connectivity index (χ0) is 10.1. The third-order valence-electron chi connectivity index (χ3n) is 1.96. The summed E-state index contributed by atoms with van der Waals surface area (Å²) in [4.78, 5) is 15.1. The molecule has 0 unspecified atom stereocenters. The molecule has 5 heteroatoms. The highest BCUT2D eigenvalue weighted by Gasteiger charge is 2.10. The smallest absolute Gasteiger partial charge is 0.215 e. The fourth-order valence-corrected chi connectivity index (χ4v) is 1.27. The Hall–Kier alpha value is -1.91. The molecule has 0 amide bonds. The Morgan fingerprint density at radius 3 is 3.00 bits per heavy atom. The normalized spacial score (nSPS) is 10.4. The molecule has 1 N–H and O–H groups in total. The van der Waals surface area contributed by atoms with Crippen LogP contribution in [-0.4, -0.2) is 28.1 Å². The van der Waals surface area contributed by atoms with Gasteiger partial charge in [-0.15, -0.1) is 0 Å². The number of aromatic amines is 1. The molecule has 2 aromatic heterocycles. The van der Waals surface area contributed by atoms with Crippen LogP contribution < -0.4 is 4.74 Å². The van der Waals surface area contributed by atoms with Crippen LogP contribution in [0.3, 0.4) is 0 Å². The van der Waals surface area contributed by atoms with Crippen LogP contribution >= 0.6 is 0 Å². The lowest BCUT2D eigenvalue weighted by atomic mass is 10.2. The number of ketones is 1. The number of carbonyl (C=O) groups is 1. The Balaban J connectivity index is 2.65. The van der Waals surface area contributed by atoms with Gasteiger partial charge in [0.05, 0.1) is 12.6 Å². The van der Waals surface area contributed by atoms with Crippen LogP contribution in [0.1, 0.15) is 17.4 Å². The summed E-state index contributed by atoms with van der Waals surface area (Å²) < 4.78 is 4.95. The summed E-state index contributed by atoms with van der Waals surface area (Å²) in [6.45, 7) is 1.47. The van der Waals surface area contributed by atoms with E-state index in [0.29, 0.717) is 11.6 Å². The van der Waals surface area contributed by atoms with Crippen LogP contribution in [-0.2, 0) is 0 Å². The number of nitrogens with one attached hydrogen (secondary N) is 1. The van der Waals surface area contributed by atoms with Crippen LogP contribution in [0.15, 0.2) is 12.3 Å². The second-order valence-electron chi connectivity index (χ2n) is 2.90. The van der Waals surface area contributed by atoms with Crippen molar-refractivity contribution in [2.45, 2.75) is 6.92 Å². The number of carbonyl (C=O) groups excluding carboxylic acids is 1. The Morgan fingerprint density at radius 1 is 1.57 bits per heavy atom. The third-order valence-corrected chi connectivity index (χ3v) is 1.96. The number of ether oxygens (including phenoxy) is 1. The van der Waals surface area contributed by atoms with Crippen molar-refractivity contribution in [1.29, 1.82) is 0 Å². The molecular weight excluding hydrogens is 182 g/mol. The van der Waals surface area contributed by atoms with Crippen molar-refractivity contribution in [3.8, 4) is 5.88 Å². The first-order chi connectivity index (χ1) is 6.72. The van der Waals surface area contributed by atoms with Crippen LogP contribution in [0.2, 0.25) is 0 Å². The molecule has 0 aliphatic carbocycles. The summed E-state index contributed by atoms with van der Waals surface area (Å²) in [6, 6.07) is 1.70. The van der Waals surface area contributed by atoms with Gasteiger partial charge < -0.3 is 4.74 Å². The second kappa shape index (κ2) is 3.10. The van der Waals surface area contributed by atoms with Gasteiger partial charge in [0.2, 0.25) is 5.88 Å². The quantitative estimate of drug-likeness (QED) is 0.723. The lowest BCUT2D eigenvalue weighted by Crippen LogP contribution is -1.93. The number of hydrogen-bond acceptors (Lipinski definition) is 4. The monoisotopic (exact) mass is 191 g/mol. The number of methoxy groups -OCH3 is 1. The average molecular weight is 191 g/mol. The molecule has 0 saturated heterocycles. The largest absolute Gasteiger partial charge is 0.481 e. The van der Waals surface area contributed by atoms with Crippen LogP contribution in [0, 0.1) is 0 Å². The highest BCUT2D eigenvalue weighted by atomic mass is 16.5. The third kappa shape index (κ3) is 1.22. The lowest BCUT2D eigenvalue weighted by molar-refractivity contribution is 0.101. The molecule has 0 atom stereocenters. The highest BCUT2D eigenvalue weighted by Crippen LogP contribution is 2.18. The van der Waals surface area contributed by atoms with E-state index in [1.807, 2.05) is 0 Å². The molecule has 0 spiro atoms. The van der Waals surface area contributed by atoms with E-state index in [1.54, 1.807) is 12.3 Å². The van der Waals surface area contributed by atoms with Crippen molar-refractivity contribution in [2.24, 2.45) is 0 Å². The molecule has 72 valence electrons. The molecule has 5 nitrogen and oxygen atoms in total. The lowest BCUT2D eigenvalue weighted by Gasteiger charge is -1.96. The van der Waals surface area contributed by atoms with Gasteiger partial charge >= 0.3 is 0 Å². The van der Waals surface area contributed by atoms with E-state index in [1.165, 1.54) is 14.0 Å². The molecule has 0 radical (unpaired) electrons. The zero-order valence-electron chi connectivity index (χ0n) is 7.87. The number of hydrogen-bond donors (Lipinski definition) is 1. The molecule has 14 heavy (non-hydrogen) atoms. The number of Topliss-reactive ketones (excluding diaryl/α,β-unsaturated/α-hetero) is 1. The van der Waals surface area contributed by atoms with E-state index in [0.717, 1.165) is 10.9 Å². The maximum Gasteiger partial charge on any atom is 0.215 e. The Labute approximate surface area is 80.1 Å². The Bertz CT molecular complexity index is 490. The van der Waals surface area contributed by atoms with Crippen molar-refractivity contribution < 1.29 is 9.53 Å². The van der Waals surface area contributed by atoms with Gasteiger partial charge in [0.1, 0.15) is 5.69 Å². The van der Waals surface area contributed by atoms with Gasteiger partial charge in [-0.1, -0.05) is 0 Å². The molecular formula is C9H9N3O2. The van der Waals surface area contributed by atoms with E-state index >= 15 is 0 Å². The standard InChI is InChI=1S/C9H9N3O2/c1-5(13)9-6-4-10-8(14-2)3-7(6)11-12-9/h3-4H,1-2H3,(H,11,12). The number of pyridine rings is 1. The van der Waals surface area contributed by atoms with Crippen LogP contribution in [0.4, 0.5) is 0 Å². The van der Waals surface area contributed by atoms with E-state index in [2.05, 4.69) is 15.2 Å². The van der Waals surface area contributed by atoms with Gasteiger partial charge in [0.15, 0.2) is 5.78 Å². The first kappa shape index (κ1) is 8.68. The molecule has 2 rings (SSSR count). The molecule has 0 aromatic carbocycles. The summed E-state index contributed by atoms with van der Waals surface area (Å²) in [7, 11) is 1.54. The van der Waals surface area contributed by atoms with Crippen LogP contribution in [0.25, 0.3) is 10.9 Å². The predicted molar refractivity (Wildman–Crippen MR) is 50.4 cm³/mol. The van der Waals surface area contributed by atoms with Gasteiger partial charge in [-0.2, -0.15) is 5.10 Å². The minimum Gasteiger partial charge on any atom is -0.481 e. The predicted octanol–water partition coefficient (Wildman–Crippen LogP) is 1.17. The van der Waals surface area contributed by atoms with E-state index < -0.39 is 0 Å². The minimum atomic E-state index is -0.0804. The number of H-pyrrole nitrogens is 1. The maximum atomic E-state index is 11.1. The summed E-state index contributed by atoms with van der Waals surface area (Å²) in [5.41, 5.74) is 1.16. The molecule has 0 saturated carbocycles. The Kier molecular flexibility index (Phi) is 1.92. The van der Waals surface area contributed by atoms with E-state index in [9.17, 15) is 4.79 Å². The Morgan fingerprint density at radius 2 is 2.36 bits per heavy atom. The van der Waals surface area contributed by atoms with Crippen molar-refractivity contribution >= 4 is 16.7 Å². The second-order valence-corrected chi connectivity index (χ2v) is 2.90. The van der Waals surface area contributed by atoms with Gasteiger partial charge in [0.25, 0.3) is 0 Å². The van der Waals surface area contributed by atoms with E-state index in [4.69, 9.17) is 4.74 Å². The molecule has 0 bridgehead atoms. The number of aromatic nitrogens is 3. The molecule has 0 aliphatic rings. The van der Waals surface area contributed by atoms with Gasteiger partial charge in [-0.3, -0.25) is 9.89 Å². The van der Waals surface area contributed by atoms with Gasteiger partial charge in [-0.05, 0) is 0 Å². The summed E-state index contributed by atoms with van der Waals surface area (Å²) >= 11 is 0. The van der Waals surface area contributed by atoms with Crippen molar-refractivity contribution in [3.63, 3.8) is 0 Å². The summed E-state index contributed by atoms with van der Waals surface area (Å²) in [6.07, 6.45) is 1.58. The minimum absolute atomic E-state index is 0.0804. The topological polar surface area (TPSA) is 67.9 Å². The van der Waals surface area contributed by atoms with Crippen molar-refractivity contribution in [2.75, 3.05) is 7.11 Å². The fraction of sp³-hybridized carbons (Fsp3) is 0.222. The molecule has 2 heterocycles. The SMILES string of the molecule is COc1cc2[nH]nc(C(C)=O)c2cn1. The molecule has 0 fully saturated rings. The average Bonchev–Trinajstić information content (AvgIpc) is 2.59. The molecule has 2 aromatic rings. The summed E-state index contributed by atoms with van der Waals surface area (Å²) in [5, 5.41) is 7.37. The van der Waals surface area contributed by atoms with E-state index in [-0.39, 0.29) is 5.78 Å². The van der Waals surface area contributed by atoms with Gasteiger partial charge in [-0.25, -0.2) is 4.98 Å². The summed E-state index contributed by atoms with van der Waals surface area (Å²) in [5.74, 6) is 0.416. The van der Waals surface area contributed by atoms with Gasteiger partial charge in [0, 0.05) is 24.6 Å². The van der Waals surface area contributed by atoms with Crippen LogP contribution in [0.5, 0.6) is 5.88 Å². The van der Waals surface area contributed by atoms with Crippen molar-refractivity contribution in [1.82, 2.24) is 15.2 Å². The maximum absolute atomic E-state index is 11.1. The first-order valence-corrected chi connectivity index (χ1v) is 4.11. The number of fused-ring (bicyclic) bond motifs is 1. The molecule has 0 aliphatic heterocycles. The number of nitrogens with zero attached hydrogens (tertiary/aromatic N) is 2. The number of rotatable bonds is 2. The zero-order valence-corrected chi connectivity index (χ0v) is 7.87. The first-order valence-electron chi connectivity index (χ1n) is 4.11. The van der Waals surface area contributed by atoms with Crippen molar-refractivity contribution in [3.05, 3.63) is 18.0 Å². The highest BCUT2D eigenvalue weighted by molar-refractivity contribution is 6.04. The fourth-order valence-electron chi connectivity index (χ4n) is 1.27.